The van der Waals surface area contributed by atoms with Gasteiger partial charge in [-0.3, -0.25) is 4.79 Å². The van der Waals surface area contributed by atoms with Crippen LogP contribution in [-0.4, -0.2) is 158 Å². The van der Waals surface area contributed by atoms with Crippen molar-refractivity contribution in [3.05, 3.63) is 0 Å². The lowest BCUT2D eigenvalue weighted by atomic mass is 10.0. The first-order valence-electron chi connectivity index (χ1n) is 23.3. The topological polar surface area (TPSA) is 128 Å². The zero-order chi connectivity index (χ0) is 41.8. The van der Waals surface area contributed by atoms with E-state index >= 15 is 0 Å². The summed E-state index contributed by atoms with van der Waals surface area (Å²) in [5.74, 6) is -0.129. The number of carbonyl (C=O) groups is 1. The molecule has 0 saturated carbocycles. The minimum Gasteiger partial charge on any atom is -0.463 e. The van der Waals surface area contributed by atoms with Crippen molar-refractivity contribution in [1.82, 2.24) is 0 Å². The van der Waals surface area contributed by atoms with E-state index in [9.17, 15) is 4.79 Å². The Bertz CT molecular complexity index is 749. The van der Waals surface area contributed by atoms with Gasteiger partial charge in [0.2, 0.25) is 0 Å². The molecule has 0 rings (SSSR count). The molecule has 0 atom stereocenters. The van der Waals surface area contributed by atoms with Crippen LogP contribution in [0.15, 0.2) is 0 Å². The number of rotatable bonds is 53. The molecule has 0 aliphatic rings. The Morgan fingerprint density at radius 3 is 0.724 bits per heavy atom. The van der Waals surface area contributed by atoms with Gasteiger partial charge in [0.1, 0.15) is 6.61 Å². The van der Waals surface area contributed by atoms with E-state index in [2.05, 4.69) is 13.8 Å². The third-order valence-electron chi connectivity index (χ3n) is 9.09. The van der Waals surface area contributed by atoms with Gasteiger partial charge >= 0.3 is 5.97 Å². The van der Waals surface area contributed by atoms with Crippen LogP contribution in [0.3, 0.4) is 0 Å². The normalized spacial score (nSPS) is 11.6. The van der Waals surface area contributed by atoms with Crippen LogP contribution in [0.5, 0.6) is 0 Å². The van der Waals surface area contributed by atoms with Crippen LogP contribution in [0.2, 0.25) is 0 Å². The van der Waals surface area contributed by atoms with Crippen molar-refractivity contribution in [2.75, 3.05) is 152 Å². The molecule has 0 aromatic rings. The van der Waals surface area contributed by atoms with Crippen LogP contribution < -0.4 is 0 Å². The quantitative estimate of drug-likeness (QED) is 0.0432. The van der Waals surface area contributed by atoms with Crippen LogP contribution in [-0.2, 0) is 61.6 Å². The molecule has 348 valence electrons. The molecule has 0 aromatic carbocycles. The van der Waals surface area contributed by atoms with Crippen LogP contribution in [0.4, 0.5) is 0 Å². The van der Waals surface area contributed by atoms with Crippen LogP contribution >= 0.6 is 0 Å². The van der Waals surface area contributed by atoms with E-state index in [1.165, 1.54) is 96.3 Å². The largest absolute Gasteiger partial charge is 0.463 e. The molecular weight excluding hydrogens is 748 g/mol. The summed E-state index contributed by atoms with van der Waals surface area (Å²) in [6, 6.07) is 0. The molecule has 0 radical (unpaired) electrons. The smallest absolute Gasteiger partial charge is 0.305 e. The van der Waals surface area contributed by atoms with E-state index in [0.717, 1.165) is 25.9 Å². The molecule has 0 unspecified atom stereocenters. The van der Waals surface area contributed by atoms with Crippen LogP contribution in [0.25, 0.3) is 0 Å². The molecule has 58 heavy (non-hydrogen) atoms. The summed E-state index contributed by atoms with van der Waals surface area (Å²) in [6.45, 7) is 16.4. The predicted octanol–water partition coefficient (Wildman–Crippen LogP) is 8.16. The van der Waals surface area contributed by atoms with Gasteiger partial charge in [-0.2, -0.15) is 0 Å². The first-order valence-corrected chi connectivity index (χ1v) is 23.3. The van der Waals surface area contributed by atoms with Crippen molar-refractivity contribution in [2.24, 2.45) is 0 Å². The number of hydrogen-bond donors (Lipinski definition) is 0. The number of esters is 1. The van der Waals surface area contributed by atoms with Crippen LogP contribution in [0, 0.1) is 0 Å². The Balaban J connectivity index is 3.12. The summed E-state index contributed by atoms with van der Waals surface area (Å²) in [5, 5.41) is 0. The number of unbranched alkanes of at least 4 members (excludes halogenated alkanes) is 16. The molecule has 13 nitrogen and oxygen atoms in total. The molecule has 0 saturated heterocycles. The average Bonchev–Trinajstić information content (AvgIpc) is 3.23. The van der Waals surface area contributed by atoms with E-state index in [-0.39, 0.29) is 12.6 Å². The van der Waals surface area contributed by atoms with E-state index in [1.54, 1.807) is 0 Å². The predicted molar refractivity (Wildman–Crippen MR) is 229 cm³/mol. The molecule has 0 aromatic heterocycles. The van der Waals surface area contributed by atoms with Gasteiger partial charge in [0.25, 0.3) is 0 Å². The van der Waals surface area contributed by atoms with Crippen molar-refractivity contribution in [3.8, 4) is 0 Å². The highest BCUT2D eigenvalue weighted by Crippen LogP contribution is 2.14. The summed E-state index contributed by atoms with van der Waals surface area (Å²) >= 11 is 0. The van der Waals surface area contributed by atoms with Crippen molar-refractivity contribution in [1.29, 1.82) is 0 Å². The summed E-state index contributed by atoms with van der Waals surface area (Å²) < 4.78 is 65.7. The SMILES string of the molecule is CCCCCCCCCCCCCCCCCC(=O)OCCOCCOCCOCCOCCOCCOCCOCCOCCOCCOCCOCCCCC. The van der Waals surface area contributed by atoms with Crippen molar-refractivity contribution < 1.29 is 61.6 Å². The summed E-state index contributed by atoms with van der Waals surface area (Å²) in [6.07, 6.45) is 23.8. The van der Waals surface area contributed by atoms with E-state index in [1.807, 2.05) is 0 Å². The number of ether oxygens (including phenoxy) is 12. The molecule has 0 N–H and O–H groups in total. The average molecular weight is 839 g/mol. The first-order chi connectivity index (χ1) is 28.8. The highest BCUT2D eigenvalue weighted by Gasteiger charge is 2.03. The zero-order valence-corrected chi connectivity index (χ0v) is 37.5. The Kier molecular flexibility index (Phi) is 53.1. The second-order valence-corrected chi connectivity index (χ2v) is 14.4. The van der Waals surface area contributed by atoms with Gasteiger partial charge in [-0.15, -0.1) is 0 Å². The second kappa shape index (κ2) is 54.0. The number of carbonyl (C=O) groups excluding carboxylic acids is 1. The first kappa shape index (κ1) is 57.0. The van der Waals surface area contributed by atoms with Gasteiger partial charge in [0, 0.05) is 13.0 Å². The zero-order valence-electron chi connectivity index (χ0n) is 37.5. The van der Waals surface area contributed by atoms with Gasteiger partial charge in [-0.25, -0.2) is 0 Å². The molecule has 0 heterocycles. The molecule has 0 aliphatic heterocycles. The molecule has 13 heteroatoms. The highest BCUT2D eigenvalue weighted by atomic mass is 16.6. The maximum atomic E-state index is 11.9. The summed E-state index contributed by atoms with van der Waals surface area (Å²) in [5.41, 5.74) is 0. The van der Waals surface area contributed by atoms with Gasteiger partial charge in [-0.05, 0) is 12.8 Å². The van der Waals surface area contributed by atoms with Gasteiger partial charge in [-0.1, -0.05) is 117 Å². The second-order valence-electron chi connectivity index (χ2n) is 14.4. The lowest BCUT2D eigenvalue weighted by Gasteiger charge is -2.09. The van der Waals surface area contributed by atoms with Crippen molar-refractivity contribution in [3.63, 3.8) is 0 Å². The van der Waals surface area contributed by atoms with Crippen molar-refractivity contribution >= 4 is 5.97 Å². The molecule has 0 aliphatic carbocycles. The molecular formula is C45H90O13. The van der Waals surface area contributed by atoms with Gasteiger partial charge in [0.05, 0.1) is 139 Å². The lowest BCUT2D eigenvalue weighted by molar-refractivity contribution is -0.145. The standard InChI is InChI=1S/C45H90O13/c1-3-5-7-8-9-10-11-12-13-14-15-16-17-18-19-21-45(46)58-44-43-57-42-41-56-40-39-55-38-37-54-36-35-53-34-33-52-32-31-51-30-29-50-28-27-49-26-25-48-24-23-47-22-20-6-4-2/h3-44H2,1-2H3. The fourth-order valence-electron chi connectivity index (χ4n) is 5.68. The fourth-order valence-corrected chi connectivity index (χ4v) is 5.68. The van der Waals surface area contributed by atoms with Gasteiger partial charge < -0.3 is 56.8 Å². The Hall–Kier alpha value is -0.970. The fraction of sp³-hybridized carbons (Fsp3) is 0.978. The van der Waals surface area contributed by atoms with E-state index in [0.29, 0.717) is 145 Å². The van der Waals surface area contributed by atoms with E-state index < -0.39 is 0 Å². The Morgan fingerprint density at radius 2 is 0.448 bits per heavy atom. The molecule has 0 amide bonds. The third-order valence-corrected chi connectivity index (χ3v) is 9.09. The Morgan fingerprint density at radius 1 is 0.241 bits per heavy atom. The molecule has 0 spiro atoms. The van der Waals surface area contributed by atoms with E-state index in [4.69, 9.17) is 56.8 Å². The monoisotopic (exact) mass is 839 g/mol. The third kappa shape index (κ3) is 53.0. The van der Waals surface area contributed by atoms with Gasteiger partial charge in [0.15, 0.2) is 0 Å². The lowest BCUT2D eigenvalue weighted by Crippen LogP contribution is -2.15. The minimum atomic E-state index is -0.129. The number of hydrogen-bond acceptors (Lipinski definition) is 13. The van der Waals surface area contributed by atoms with Crippen LogP contribution in [0.1, 0.15) is 136 Å². The molecule has 0 bridgehead atoms. The van der Waals surface area contributed by atoms with Crippen molar-refractivity contribution in [2.45, 2.75) is 136 Å². The minimum absolute atomic E-state index is 0.129. The maximum Gasteiger partial charge on any atom is 0.305 e. The summed E-state index contributed by atoms with van der Waals surface area (Å²) in [4.78, 5) is 11.9. The highest BCUT2D eigenvalue weighted by molar-refractivity contribution is 5.69. The Labute approximate surface area is 354 Å². The maximum absolute atomic E-state index is 11.9. The molecule has 0 fully saturated rings. The summed E-state index contributed by atoms with van der Waals surface area (Å²) in [7, 11) is 0.